The Morgan fingerprint density at radius 1 is 0.690 bits per heavy atom. The van der Waals surface area contributed by atoms with Crippen molar-refractivity contribution in [1.82, 2.24) is 0 Å². The van der Waals surface area contributed by atoms with Gasteiger partial charge in [0, 0.05) is 0 Å². The van der Waals surface area contributed by atoms with Crippen LogP contribution in [0.2, 0.25) is 0 Å². The molecule has 6 rings (SSSR count). The van der Waals surface area contributed by atoms with Crippen molar-refractivity contribution in [3.63, 3.8) is 0 Å². The third kappa shape index (κ3) is 9.60. The first-order valence-corrected chi connectivity index (χ1v) is 15.9. The van der Waals surface area contributed by atoms with Crippen LogP contribution in [0.3, 0.4) is 0 Å². The molecule has 0 saturated carbocycles. The van der Waals surface area contributed by atoms with Crippen LogP contribution >= 0.6 is 24.8 Å². The van der Waals surface area contributed by atoms with Gasteiger partial charge in [0.05, 0.1) is 0 Å². The van der Waals surface area contributed by atoms with E-state index in [9.17, 15) is 0 Å². The summed E-state index contributed by atoms with van der Waals surface area (Å²) in [6, 6.07) is 36.4. The third-order valence-electron chi connectivity index (χ3n) is 7.17. The molecule has 0 bridgehead atoms. The third-order valence-corrected chi connectivity index (χ3v) is 9.25. The predicted octanol–water partition coefficient (Wildman–Crippen LogP) is 10.6. The van der Waals surface area contributed by atoms with E-state index in [0.717, 1.165) is 36.7 Å². The summed E-state index contributed by atoms with van der Waals surface area (Å²) < 4.78 is 1.46. The zero-order chi connectivity index (χ0) is 28.8. The Morgan fingerprint density at radius 2 is 1.26 bits per heavy atom. The monoisotopic (exact) mass is 760 g/mol. The second-order valence-corrected chi connectivity index (χ2v) is 14.2. The quantitative estimate of drug-likeness (QED) is 0.124. The van der Waals surface area contributed by atoms with Crippen LogP contribution in [-0.4, -0.2) is 3.26 Å². The molecular weight excluding hydrogens is 718 g/mol. The average molecular weight is 760 g/mol. The van der Waals surface area contributed by atoms with Gasteiger partial charge in [-0.3, -0.25) is 6.08 Å². The molecular formula is C39H42Cl2Hf. The van der Waals surface area contributed by atoms with E-state index in [1.165, 1.54) is 47.8 Å². The molecule has 0 atom stereocenters. The topological polar surface area (TPSA) is 0 Å². The van der Waals surface area contributed by atoms with Crippen molar-refractivity contribution < 1.29 is 23.9 Å². The van der Waals surface area contributed by atoms with E-state index in [0.29, 0.717) is 0 Å². The van der Waals surface area contributed by atoms with Crippen LogP contribution in [0.15, 0.2) is 109 Å². The molecule has 2 aliphatic rings. The first-order chi connectivity index (χ1) is 19.0. The molecule has 0 amide bonds. The van der Waals surface area contributed by atoms with Crippen LogP contribution in [0.1, 0.15) is 81.3 Å². The molecule has 0 saturated heterocycles. The van der Waals surface area contributed by atoms with Crippen molar-refractivity contribution >= 4 is 28.1 Å². The van der Waals surface area contributed by atoms with Gasteiger partial charge in [0.15, 0.2) is 0 Å². The molecule has 3 heteroatoms. The van der Waals surface area contributed by atoms with E-state index >= 15 is 0 Å². The van der Waals surface area contributed by atoms with Gasteiger partial charge in [-0.25, -0.2) is 12.2 Å². The summed E-state index contributed by atoms with van der Waals surface area (Å²) in [5, 5.41) is 0. The average Bonchev–Trinajstić information content (AvgIpc) is 3.64. The molecule has 4 aromatic carbocycles. The zero-order valence-corrected chi connectivity index (χ0v) is 30.8. The van der Waals surface area contributed by atoms with E-state index in [2.05, 4.69) is 151 Å². The van der Waals surface area contributed by atoms with Crippen molar-refractivity contribution in [3.05, 3.63) is 155 Å². The number of halogens is 2. The molecule has 0 N–H and O–H groups in total. The van der Waals surface area contributed by atoms with Gasteiger partial charge in [0.2, 0.25) is 0 Å². The number of hydrogen-bond donors (Lipinski definition) is 0. The molecule has 42 heavy (non-hydrogen) atoms. The number of rotatable bonds is 2. The SMILES string of the molecule is CC(C)(C)c1[c-]c2c(cc1)-c1ccc(C(C)(C)C)cc1C2.Cl.Cl.[C-]1=CC=CC1.[Hf+2]=[C](c1ccccc1)c1ccccc1. The molecule has 2 aliphatic carbocycles. The summed E-state index contributed by atoms with van der Waals surface area (Å²) in [4.78, 5) is 0. The molecule has 0 radical (unpaired) electrons. The number of fused-ring (bicyclic) bond motifs is 3. The molecule has 216 valence electrons. The maximum absolute atomic E-state index is 3.67. The molecule has 0 unspecified atom stereocenters. The van der Waals surface area contributed by atoms with Crippen LogP contribution in [-0.2, 0) is 41.1 Å². The van der Waals surface area contributed by atoms with E-state index in [4.69, 9.17) is 0 Å². The van der Waals surface area contributed by atoms with Gasteiger partial charge < -0.3 is 0 Å². The number of hydrogen-bond acceptors (Lipinski definition) is 0. The van der Waals surface area contributed by atoms with Crippen molar-refractivity contribution in [2.45, 2.75) is 65.2 Å². The van der Waals surface area contributed by atoms with Gasteiger partial charge in [-0.1, -0.05) is 65.3 Å². The Labute approximate surface area is 281 Å². The Balaban J connectivity index is 0.000000253. The van der Waals surface area contributed by atoms with Crippen molar-refractivity contribution in [3.8, 4) is 11.1 Å². The second kappa shape index (κ2) is 15.9. The molecule has 0 aliphatic heterocycles. The van der Waals surface area contributed by atoms with E-state index in [-0.39, 0.29) is 35.6 Å². The molecule has 0 nitrogen and oxygen atoms in total. The fraction of sp³-hybridized carbons (Fsp3) is 0.256. The van der Waals surface area contributed by atoms with Crippen molar-refractivity contribution in [2.75, 3.05) is 0 Å². The van der Waals surface area contributed by atoms with Crippen LogP contribution in [0.25, 0.3) is 11.1 Å². The Morgan fingerprint density at radius 3 is 1.71 bits per heavy atom. The summed E-state index contributed by atoms with van der Waals surface area (Å²) in [6.45, 7) is 13.6. The summed E-state index contributed by atoms with van der Waals surface area (Å²) in [6.07, 6.45) is 11.0. The molecule has 0 heterocycles. The summed E-state index contributed by atoms with van der Waals surface area (Å²) in [5.74, 6) is 0. The van der Waals surface area contributed by atoms with Gasteiger partial charge in [0.25, 0.3) is 0 Å². The van der Waals surface area contributed by atoms with Crippen LogP contribution in [0.4, 0.5) is 0 Å². The summed E-state index contributed by atoms with van der Waals surface area (Å²) in [7, 11) is 0. The predicted molar refractivity (Wildman–Crippen MR) is 183 cm³/mol. The van der Waals surface area contributed by atoms with E-state index in [1.54, 1.807) is 0 Å². The number of benzene rings is 4. The molecule has 0 spiro atoms. The van der Waals surface area contributed by atoms with Gasteiger partial charge in [-0.05, 0) is 28.4 Å². The molecule has 0 fully saturated rings. The van der Waals surface area contributed by atoms with Gasteiger partial charge in [-0.2, -0.15) is 29.8 Å². The van der Waals surface area contributed by atoms with E-state index in [1.807, 2.05) is 12.2 Å². The summed E-state index contributed by atoms with van der Waals surface area (Å²) in [5.41, 5.74) is 11.4. The van der Waals surface area contributed by atoms with Crippen molar-refractivity contribution in [1.29, 1.82) is 0 Å². The minimum atomic E-state index is 0. The summed E-state index contributed by atoms with van der Waals surface area (Å²) >= 11 is 1.08. The maximum atomic E-state index is 3.67. The Kier molecular flexibility index (Phi) is 13.6. The molecule has 4 aromatic rings. The molecule has 0 aromatic heterocycles. The second-order valence-electron chi connectivity index (χ2n) is 12.4. The van der Waals surface area contributed by atoms with Gasteiger partial charge in [0.1, 0.15) is 0 Å². The minimum absolute atomic E-state index is 0. The first kappa shape index (κ1) is 35.9. The zero-order valence-electron chi connectivity index (χ0n) is 25.6. The normalized spacial score (nSPS) is 12.4. The standard InChI is InChI=1S/C21H25.C13H10.C5H5.2ClH.Hf/c1-20(2,3)16-7-9-18-14(12-16)11-15-13-17(21(4,5)6)8-10-19(15)18;1-3-7-12(8-4-1)11-13-9-5-2-6-10-13;1-2-4-5-3-1;;;/h7-10,12H,11H2,1-6H3;1-10H;1-3H,4H2;2*1H;/q-1;;-1;;;+2. The van der Waals surface area contributed by atoms with Crippen molar-refractivity contribution in [2.24, 2.45) is 0 Å². The fourth-order valence-electron chi connectivity index (χ4n) is 4.74. The Hall–Kier alpha value is -2.32. The van der Waals surface area contributed by atoms with E-state index < -0.39 is 0 Å². The van der Waals surface area contributed by atoms with Crippen LogP contribution < -0.4 is 0 Å². The van der Waals surface area contributed by atoms with Crippen LogP contribution in [0, 0.1) is 12.1 Å². The van der Waals surface area contributed by atoms with Crippen LogP contribution in [0.5, 0.6) is 0 Å². The van der Waals surface area contributed by atoms with Gasteiger partial charge in [-0.15, -0.1) is 42.4 Å². The fourth-order valence-corrected chi connectivity index (χ4v) is 5.94. The number of allylic oxidation sites excluding steroid dienone is 4. The van der Waals surface area contributed by atoms with Gasteiger partial charge >= 0.3 is 98.9 Å². The first-order valence-electron chi connectivity index (χ1n) is 14.1. The Bertz CT molecular complexity index is 1390.